The number of benzene rings is 3. The molecule has 1 unspecified atom stereocenters. The summed E-state index contributed by atoms with van der Waals surface area (Å²) in [5.74, 6) is -0.597. The van der Waals surface area contributed by atoms with Crippen molar-refractivity contribution in [3.8, 4) is 0 Å². The summed E-state index contributed by atoms with van der Waals surface area (Å²) in [5, 5.41) is 3.94. The number of aromatic nitrogens is 2. The molecule has 5 rings (SSSR count). The standard InChI is InChI=1S/C32H28F3N3O/c33-32(34,35)25-15-13-24(14-16-25)28(20-31(39)37-19-17-26-10-6-7-18-36-26)29-22-38(21-23-8-2-1-3-9-23)30-12-5-4-11-27(29)30/h1-16,18,22,28H,17,19-21H2,(H,37,39). The van der Waals surface area contributed by atoms with E-state index >= 15 is 0 Å². The molecule has 1 atom stereocenters. The zero-order valence-corrected chi connectivity index (χ0v) is 21.2. The van der Waals surface area contributed by atoms with Crippen LogP contribution in [0, 0.1) is 0 Å². The number of para-hydroxylation sites is 1. The molecule has 0 spiro atoms. The van der Waals surface area contributed by atoms with Crippen molar-refractivity contribution >= 4 is 16.8 Å². The summed E-state index contributed by atoms with van der Waals surface area (Å²) >= 11 is 0. The first kappa shape index (κ1) is 26.2. The van der Waals surface area contributed by atoms with E-state index in [1.54, 1.807) is 6.20 Å². The second kappa shape index (κ2) is 11.6. The van der Waals surface area contributed by atoms with E-state index in [0.29, 0.717) is 25.1 Å². The van der Waals surface area contributed by atoms with Crippen molar-refractivity contribution in [2.45, 2.75) is 31.5 Å². The third kappa shape index (κ3) is 6.37. The van der Waals surface area contributed by atoms with Gasteiger partial charge in [0.1, 0.15) is 0 Å². The van der Waals surface area contributed by atoms with E-state index in [1.165, 1.54) is 12.1 Å². The van der Waals surface area contributed by atoms with Gasteiger partial charge < -0.3 is 9.88 Å². The molecule has 0 fully saturated rings. The predicted octanol–water partition coefficient (Wildman–Crippen LogP) is 6.98. The van der Waals surface area contributed by atoms with Crippen LogP contribution in [0.25, 0.3) is 10.9 Å². The van der Waals surface area contributed by atoms with Crippen LogP contribution in [0.3, 0.4) is 0 Å². The van der Waals surface area contributed by atoms with Crippen molar-refractivity contribution in [2.75, 3.05) is 6.54 Å². The fraction of sp³-hybridized carbons (Fsp3) is 0.188. The lowest BCUT2D eigenvalue weighted by Gasteiger charge is -2.18. The molecule has 198 valence electrons. The van der Waals surface area contributed by atoms with Gasteiger partial charge in [0.05, 0.1) is 5.56 Å². The van der Waals surface area contributed by atoms with Gasteiger partial charge in [-0.3, -0.25) is 9.78 Å². The molecule has 0 aliphatic heterocycles. The first-order chi connectivity index (χ1) is 18.9. The highest BCUT2D eigenvalue weighted by Crippen LogP contribution is 2.37. The fourth-order valence-electron chi connectivity index (χ4n) is 4.91. The van der Waals surface area contributed by atoms with Gasteiger partial charge in [-0.2, -0.15) is 13.2 Å². The lowest BCUT2D eigenvalue weighted by molar-refractivity contribution is -0.137. The van der Waals surface area contributed by atoms with E-state index in [0.717, 1.165) is 39.9 Å². The molecular formula is C32H28F3N3O. The Morgan fingerprint density at radius 2 is 1.59 bits per heavy atom. The van der Waals surface area contributed by atoms with Crippen LogP contribution < -0.4 is 5.32 Å². The minimum Gasteiger partial charge on any atom is -0.356 e. The highest BCUT2D eigenvalue weighted by molar-refractivity contribution is 5.86. The van der Waals surface area contributed by atoms with Gasteiger partial charge in [-0.25, -0.2) is 0 Å². The molecule has 0 saturated carbocycles. The Bertz CT molecular complexity index is 1530. The molecule has 2 heterocycles. The number of halogens is 3. The van der Waals surface area contributed by atoms with Gasteiger partial charge in [0.15, 0.2) is 0 Å². The summed E-state index contributed by atoms with van der Waals surface area (Å²) in [7, 11) is 0. The molecule has 3 aromatic carbocycles. The average molecular weight is 528 g/mol. The van der Waals surface area contributed by atoms with E-state index < -0.39 is 17.7 Å². The average Bonchev–Trinajstić information content (AvgIpc) is 3.30. The van der Waals surface area contributed by atoms with E-state index in [2.05, 4.69) is 27.0 Å². The topological polar surface area (TPSA) is 46.9 Å². The Morgan fingerprint density at radius 3 is 2.31 bits per heavy atom. The Balaban J connectivity index is 1.46. The lowest BCUT2D eigenvalue weighted by atomic mass is 9.87. The Labute approximate surface area is 225 Å². The minimum absolute atomic E-state index is 0.104. The van der Waals surface area contributed by atoms with Crippen molar-refractivity contribution in [3.63, 3.8) is 0 Å². The number of nitrogens with one attached hydrogen (secondary N) is 1. The maximum Gasteiger partial charge on any atom is 0.416 e. The van der Waals surface area contributed by atoms with Crippen LogP contribution in [-0.2, 0) is 23.9 Å². The SMILES string of the molecule is O=C(CC(c1ccc(C(F)(F)F)cc1)c1cn(Cc2ccccc2)c2ccccc12)NCCc1ccccn1. The highest BCUT2D eigenvalue weighted by Gasteiger charge is 2.31. The second-order valence-corrected chi connectivity index (χ2v) is 9.51. The molecule has 0 aliphatic rings. The minimum atomic E-state index is -4.43. The van der Waals surface area contributed by atoms with Gasteiger partial charge in [-0.1, -0.05) is 66.7 Å². The largest absolute Gasteiger partial charge is 0.416 e. The molecule has 7 heteroatoms. The number of carbonyl (C=O) groups is 1. The van der Waals surface area contributed by atoms with Gasteiger partial charge in [-0.05, 0) is 47.0 Å². The van der Waals surface area contributed by atoms with E-state index in [9.17, 15) is 18.0 Å². The molecule has 5 aromatic rings. The van der Waals surface area contributed by atoms with Crippen LogP contribution in [0.15, 0.2) is 109 Å². The lowest BCUT2D eigenvalue weighted by Crippen LogP contribution is -2.27. The number of nitrogens with zero attached hydrogens (tertiary/aromatic N) is 2. The zero-order chi connectivity index (χ0) is 27.2. The third-order valence-electron chi connectivity index (χ3n) is 6.85. The quantitative estimate of drug-likeness (QED) is 0.225. The number of rotatable bonds is 9. The molecule has 39 heavy (non-hydrogen) atoms. The molecule has 1 N–H and O–H groups in total. The van der Waals surface area contributed by atoms with Gasteiger partial charge in [0.25, 0.3) is 0 Å². The number of pyridine rings is 1. The third-order valence-corrected chi connectivity index (χ3v) is 6.85. The van der Waals surface area contributed by atoms with Gasteiger partial charge in [-0.15, -0.1) is 0 Å². The van der Waals surface area contributed by atoms with E-state index in [1.807, 2.05) is 66.9 Å². The molecule has 0 saturated heterocycles. The van der Waals surface area contributed by atoms with Crippen LogP contribution in [-0.4, -0.2) is 22.0 Å². The van der Waals surface area contributed by atoms with Gasteiger partial charge in [0.2, 0.25) is 5.91 Å². The number of amides is 1. The normalized spacial score (nSPS) is 12.4. The molecule has 0 aliphatic carbocycles. The Kier molecular flexibility index (Phi) is 7.77. The maximum absolute atomic E-state index is 13.3. The van der Waals surface area contributed by atoms with E-state index in [4.69, 9.17) is 0 Å². The van der Waals surface area contributed by atoms with Crippen molar-refractivity contribution in [3.05, 3.63) is 137 Å². The van der Waals surface area contributed by atoms with Crippen molar-refractivity contribution in [1.29, 1.82) is 0 Å². The van der Waals surface area contributed by atoms with Crippen molar-refractivity contribution in [1.82, 2.24) is 14.9 Å². The molecule has 0 bridgehead atoms. The van der Waals surface area contributed by atoms with Crippen LogP contribution in [0.1, 0.15) is 40.3 Å². The van der Waals surface area contributed by atoms with Crippen LogP contribution in [0.5, 0.6) is 0 Å². The maximum atomic E-state index is 13.3. The summed E-state index contributed by atoms with van der Waals surface area (Å²) < 4.78 is 42.0. The monoisotopic (exact) mass is 527 g/mol. The number of hydrogen-bond acceptors (Lipinski definition) is 2. The van der Waals surface area contributed by atoms with Crippen LogP contribution >= 0.6 is 0 Å². The van der Waals surface area contributed by atoms with Crippen molar-refractivity contribution in [2.24, 2.45) is 0 Å². The first-order valence-corrected chi connectivity index (χ1v) is 12.8. The van der Waals surface area contributed by atoms with Crippen LogP contribution in [0.4, 0.5) is 13.2 Å². The molecule has 4 nitrogen and oxygen atoms in total. The molecule has 0 radical (unpaired) electrons. The van der Waals surface area contributed by atoms with E-state index in [-0.39, 0.29) is 12.3 Å². The second-order valence-electron chi connectivity index (χ2n) is 9.51. The summed E-state index contributed by atoms with van der Waals surface area (Å²) in [6.45, 7) is 1.06. The van der Waals surface area contributed by atoms with Gasteiger partial charge >= 0.3 is 6.18 Å². The number of alkyl halides is 3. The summed E-state index contributed by atoms with van der Waals surface area (Å²) in [5.41, 5.74) is 3.86. The smallest absolute Gasteiger partial charge is 0.356 e. The molecule has 1 amide bonds. The predicted molar refractivity (Wildman–Crippen MR) is 146 cm³/mol. The van der Waals surface area contributed by atoms with Crippen LogP contribution in [0.2, 0.25) is 0 Å². The van der Waals surface area contributed by atoms with Crippen molar-refractivity contribution < 1.29 is 18.0 Å². The Morgan fingerprint density at radius 1 is 0.872 bits per heavy atom. The number of fused-ring (bicyclic) bond motifs is 1. The van der Waals surface area contributed by atoms with Gasteiger partial charge in [0, 0.05) is 60.8 Å². The Hall–Kier alpha value is -4.39. The number of hydrogen-bond donors (Lipinski definition) is 1. The summed E-state index contributed by atoms with van der Waals surface area (Å²) in [4.78, 5) is 17.4. The molecule has 2 aromatic heterocycles. The summed E-state index contributed by atoms with van der Waals surface area (Å²) in [6, 6.07) is 28.8. The zero-order valence-electron chi connectivity index (χ0n) is 21.2. The molecular weight excluding hydrogens is 499 g/mol. The fourth-order valence-corrected chi connectivity index (χ4v) is 4.91. The first-order valence-electron chi connectivity index (χ1n) is 12.8. The summed E-state index contributed by atoms with van der Waals surface area (Å²) in [6.07, 6.45) is 0.00754. The highest BCUT2D eigenvalue weighted by atomic mass is 19.4. The number of carbonyl (C=O) groups excluding carboxylic acids is 1.